The second-order valence-corrected chi connectivity index (χ2v) is 6.20. The summed E-state index contributed by atoms with van der Waals surface area (Å²) in [7, 11) is 1.17. The Hall–Kier alpha value is -2.89. The summed E-state index contributed by atoms with van der Waals surface area (Å²) in [5.41, 5.74) is -1.23. The highest BCUT2D eigenvalue weighted by Gasteiger charge is 2.20. The Kier molecular flexibility index (Phi) is 7.12. The van der Waals surface area contributed by atoms with E-state index in [0.29, 0.717) is 0 Å². The smallest absolute Gasteiger partial charge is 0.413 e. The van der Waals surface area contributed by atoms with Crippen molar-refractivity contribution < 1.29 is 33.7 Å². The minimum absolute atomic E-state index is 0.0324. The zero-order valence-electron chi connectivity index (χ0n) is 13.9. The van der Waals surface area contributed by atoms with Crippen molar-refractivity contribution in [2.75, 3.05) is 5.32 Å². The Labute approximate surface area is 147 Å². The highest BCUT2D eigenvalue weighted by molar-refractivity contribution is 7.14. The molecule has 1 aromatic rings. The van der Waals surface area contributed by atoms with Crippen LogP contribution in [-0.4, -0.2) is 47.5 Å². The van der Waals surface area contributed by atoms with Gasteiger partial charge in [0.05, 0.1) is 6.08 Å². The minimum Gasteiger partial charge on any atom is -0.540 e. The molecule has 0 atom stereocenters. The van der Waals surface area contributed by atoms with Gasteiger partial charge in [0, 0.05) is 5.38 Å². The van der Waals surface area contributed by atoms with Gasteiger partial charge in [-0.05, 0) is 20.8 Å². The van der Waals surface area contributed by atoms with Crippen LogP contribution in [0, 0.1) is 0 Å². The topological polar surface area (TPSA) is 136 Å². The van der Waals surface area contributed by atoms with E-state index in [1.54, 1.807) is 20.8 Å². The molecule has 0 unspecified atom stereocenters. The molecule has 0 saturated carbocycles. The number of carboxylic acid groups (broad SMARTS) is 1. The van der Waals surface area contributed by atoms with Crippen LogP contribution in [0.3, 0.4) is 0 Å². The third-order valence-corrected chi connectivity index (χ3v) is 2.93. The number of hydrogen-bond acceptors (Lipinski definition) is 9. The van der Waals surface area contributed by atoms with E-state index in [2.05, 4.69) is 24.9 Å². The number of nitrogens with one attached hydrogen (secondary N) is 1. The molecular formula is C13H16BN3O7S. The van der Waals surface area contributed by atoms with E-state index in [0.717, 1.165) is 23.7 Å². The molecule has 2 N–H and O–H groups in total. The predicted molar refractivity (Wildman–Crippen MR) is 91.0 cm³/mol. The van der Waals surface area contributed by atoms with Crippen LogP contribution < -0.4 is 5.32 Å². The van der Waals surface area contributed by atoms with Crippen molar-refractivity contribution in [2.45, 2.75) is 26.4 Å². The third kappa shape index (κ3) is 7.48. The van der Waals surface area contributed by atoms with Crippen LogP contribution in [0.25, 0.3) is 0 Å². The molecule has 0 aliphatic carbocycles. The normalized spacial score (nSPS) is 11.9. The number of carbonyl (C=O) groups excluding carboxylic acids is 2. The molecule has 0 aliphatic rings. The molecule has 25 heavy (non-hydrogen) atoms. The zero-order chi connectivity index (χ0) is 19.0. The van der Waals surface area contributed by atoms with Gasteiger partial charge in [-0.15, -0.1) is 11.3 Å². The largest absolute Gasteiger partial charge is 0.540 e. The molecule has 0 spiro atoms. The molecular weight excluding hydrogens is 353 g/mol. The summed E-state index contributed by atoms with van der Waals surface area (Å²) in [6.07, 6.45) is 1.06. The Morgan fingerprint density at radius 3 is 2.64 bits per heavy atom. The number of anilines is 1. The van der Waals surface area contributed by atoms with E-state index in [1.807, 2.05) is 0 Å². The molecule has 0 radical (unpaired) electrons. The summed E-state index contributed by atoms with van der Waals surface area (Å²) < 4.78 is 9.39. The molecule has 1 heterocycles. The lowest BCUT2D eigenvalue weighted by atomic mass is 10.2. The number of amides is 1. The number of hydrogen-bond donors (Lipinski definition) is 2. The molecule has 0 saturated heterocycles. The van der Waals surface area contributed by atoms with Gasteiger partial charge in [-0.1, -0.05) is 5.16 Å². The maximum absolute atomic E-state index is 11.7. The molecule has 0 aliphatic heterocycles. The van der Waals surface area contributed by atoms with Crippen molar-refractivity contribution in [1.29, 1.82) is 0 Å². The number of aromatic nitrogens is 1. The van der Waals surface area contributed by atoms with Crippen molar-refractivity contribution >= 4 is 48.3 Å². The maximum Gasteiger partial charge on any atom is 0.413 e. The van der Waals surface area contributed by atoms with Gasteiger partial charge in [0.15, 0.2) is 5.13 Å². The number of ether oxygens (including phenoxy) is 1. The van der Waals surface area contributed by atoms with E-state index < -0.39 is 29.3 Å². The number of rotatable bonds is 6. The van der Waals surface area contributed by atoms with Crippen LogP contribution in [0.2, 0.25) is 0 Å². The number of nitrogens with zero attached hydrogens (tertiary/aromatic N) is 2. The Balaban J connectivity index is 2.81. The Bertz CT molecular complexity index is 709. The molecule has 1 rings (SSSR count). The maximum atomic E-state index is 11.7. The van der Waals surface area contributed by atoms with Crippen molar-refractivity contribution in [1.82, 2.24) is 4.98 Å². The second-order valence-electron chi connectivity index (χ2n) is 5.34. The molecule has 1 amide bonds. The first kappa shape index (κ1) is 20.2. The number of thiazole rings is 1. The zero-order valence-corrected chi connectivity index (χ0v) is 14.7. The first-order chi connectivity index (χ1) is 11.6. The van der Waals surface area contributed by atoms with Crippen LogP contribution in [0.15, 0.2) is 22.9 Å². The van der Waals surface area contributed by atoms with Crippen molar-refractivity contribution in [3.8, 4) is 0 Å². The molecule has 134 valence electrons. The summed E-state index contributed by atoms with van der Waals surface area (Å²) in [4.78, 5) is 42.3. The second kappa shape index (κ2) is 8.82. The number of aliphatic carboxylic acids is 1. The number of carboxylic acids is 1. The standard InChI is InChI=1S/C13H16BN3O7S/c1-13(2,3)23-12(21)16-11-15-7(6-25-11)9(10(19)20)17-22-5-4-8(18)24-14/h4-6H,14H2,1-3H3,(H,19,20)(H,15,16,21)/b5-4+,17-9-. The molecule has 1 aromatic heterocycles. The molecule has 12 heteroatoms. The van der Waals surface area contributed by atoms with E-state index in [-0.39, 0.29) is 10.8 Å². The van der Waals surface area contributed by atoms with Crippen LogP contribution in [0.4, 0.5) is 9.93 Å². The van der Waals surface area contributed by atoms with Gasteiger partial charge >= 0.3 is 26.1 Å². The molecule has 0 aromatic carbocycles. The lowest BCUT2D eigenvalue weighted by Crippen LogP contribution is -2.27. The Morgan fingerprint density at radius 2 is 2.08 bits per heavy atom. The SMILES string of the molecule is BOC(=O)/C=C/O/N=C(\C(=O)O)c1csc(NC(=O)OC(C)(C)C)n1. The Morgan fingerprint density at radius 1 is 1.40 bits per heavy atom. The summed E-state index contributed by atoms with van der Waals surface area (Å²) in [6.45, 7) is 5.11. The number of carbonyl (C=O) groups is 3. The summed E-state index contributed by atoms with van der Waals surface area (Å²) in [5, 5.41) is 16.4. The number of oxime groups is 1. The van der Waals surface area contributed by atoms with Gasteiger partial charge in [-0.25, -0.2) is 19.4 Å². The van der Waals surface area contributed by atoms with Crippen molar-refractivity contribution in [3.05, 3.63) is 23.4 Å². The molecule has 0 bridgehead atoms. The molecule has 0 fully saturated rings. The first-order valence-corrected chi connectivity index (χ1v) is 7.68. The monoisotopic (exact) mass is 369 g/mol. The van der Waals surface area contributed by atoms with E-state index in [4.69, 9.17) is 9.84 Å². The lowest BCUT2D eigenvalue weighted by molar-refractivity contribution is -0.129. The molecule has 10 nitrogen and oxygen atoms in total. The quantitative estimate of drug-likeness (QED) is 0.248. The van der Waals surface area contributed by atoms with E-state index in [1.165, 1.54) is 13.4 Å². The highest BCUT2D eigenvalue weighted by atomic mass is 32.1. The van der Waals surface area contributed by atoms with Crippen LogP contribution in [0.5, 0.6) is 0 Å². The van der Waals surface area contributed by atoms with Crippen molar-refractivity contribution in [3.63, 3.8) is 0 Å². The average molecular weight is 369 g/mol. The lowest BCUT2D eigenvalue weighted by Gasteiger charge is -2.18. The van der Waals surface area contributed by atoms with Crippen molar-refractivity contribution in [2.24, 2.45) is 5.16 Å². The van der Waals surface area contributed by atoms with E-state index in [9.17, 15) is 14.4 Å². The minimum atomic E-state index is -1.40. The van der Waals surface area contributed by atoms with Gasteiger partial charge in [-0.3, -0.25) is 5.32 Å². The first-order valence-electron chi connectivity index (χ1n) is 6.80. The van der Waals surface area contributed by atoms with Gasteiger partial charge in [-0.2, -0.15) is 0 Å². The summed E-state index contributed by atoms with van der Waals surface area (Å²) in [5.74, 6) is -2.09. The van der Waals surface area contributed by atoms with Gasteiger partial charge in [0.2, 0.25) is 5.71 Å². The average Bonchev–Trinajstić information content (AvgIpc) is 2.92. The van der Waals surface area contributed by atoms with E-state index >= 15 is 0 Å². The highest BCUT2D eigenvalue weighted by Crippen LogP contribution is 2.18. The fourth-order valence-corrected chi connectivity index (χ4v) is 1.94. The van der Waals surface area contributed by atoms with Crippen LogP contribution in [0.1, 0.15) is 26.5 Å². The summed E-state index contributed by atoms with van der Waals surface area (Å²) >= 11 is 0.982. The van der Waals surface area contributed by atoms with Crippen LogP contribution >= 0.6 is 11.3 Å². The third-order valence-electron chi connectivity index (χ3n) is 2.17. The summed E-state index contributed by atoms with van der Waals surface area (Å²) in [6, 6.07) is 0. The fraction of sp³-hybridized carbons (Fsp3) is 0.308. The van der Waals surface area contributed by atoms with Gasteiger partial charge in [0.25, 0.3) is 0 Å². The fourth-order valence-electron chi connectivity index (χ4n) is 1.26. The van der Waals surface area contributed by atoms with Gasteiger partial charge < -0.3 is 19.3 Å². The van der Waals surface area contributed by atoms with Gasteiger partial charge in [0.1, 0.15) is 17.6 Å². The predicted octanol–water partition coefficient (Wildman–Crippen LogP) is 0.900. The van der Waals surface area contributed by atoms with Crippen LogP contribution in [-0.2, 0) is 23.8 Å².